The first kappa shape index (κ1) is 34.3. The number of allylic oxidation sites excluding steroid dienone is 1. The van der Waals surface area contributed by atoms with Crippen molar-refractivity contribution >= 4 is 28.3 Å². The van der Waals surface area contributed by atoms with Crippen LogP contribution < -0.4 is 13.6 Å². The van der Waals surface area contributed by atoms with Gasteiger partial charge in [0, 0.05) is 5.41 Å². The second kappa shape index (κ2) is 12.4. The molecule has 0 saturated heterocycles. The average molecular weight is 675 g/mol. The van der Waals surface area contributed by atoms with E-state index in [-0.39, 0.29) is 15.5 Å². The van der Waals surface area contributed by atoms with E-state index in [2.05, 4.69) is 159 Å². The first-order valence-corrected chi connectivity index (χ1v) is 23.4. The molecule has 1 spiro atoms. The van der Waals surface area contributed by atoms with Gasteiger partial charge in [-0.2, -0.15) is 0 Å². The summed E-state index contributed by atoms with van der Waals surface area (Å²) in [5.41, 5.74) is 9.39. The van der Waals surface area contributed by atoms with Crippen LogP contribution in [0.3, 0.4) is 0 Å². The van der Waals surface area contributed by atoms with Crippen LogP contribution in [0.2, 0.25) is 36.3 Å². The van der Waals surface area contributed by atoms with Crippen LogP contribution in [0.5, 0.6) is 17.2 Å². The third-order valence-electron chi connectivity index (χ3n) is 11.5. The number of hydrogen-bond acceptors (Lipinski definition) is 3. The number of fused-ring (bicyclic) bond motifs is 2. The Morgan fingerprint density at radius 1 is 0.604 bits per heavy atom. The standard InChI is InChI=1S/C43H54O3Si2/c1-41(2,3)47(7,8)45-37-22-18-33-27-43(29-35(33)25-37)28-34-19-23-38(46-48(9,10)42(4,5)6)26-39(34)40(43)24-31-16-20-36(21-17-31)44-30-32-14-12-11-13-15-32/h11-26H,27-30H2,1-10H3/b40-24+. The smallest absolute Gasteiger partial charge is 0.250 e. The Morgan fingerprint density at radius 2 is 1.12 bits per heavy atom. The molecule has 2 aliphatic carbocycles. The Hall–Kier alpha value is -3.55. The van der Waals surface area contributed by atoms with Crippen molar-refractivity contribution in [3.63, 3.8) is 0 Å². The van der Waals surface area contributed by atoms with E-state index in [9.17, 15) is 0 Å². The van der Waals surface area contributed by atoms with E-state index in [0.29, 0.717) is 6.61 Å². The Labute approximate surface area is 291 Å². The molecule has 0 fully saturated rings. The maximum absolute atomic E-state index is 6.85. The van der Waals surface area contributed by atoms with Gasteiger partial charge in [-0.25, -0.2) is 0 Å². The molecular formula is C43H54O3Si2. The Kier molecular flexibility index (Phi) is 8.87. The summed E-state index contributed by atoms with van der Waals surface area (Å²) in [6, 6.07) is 32.7. The molecule has 1 atom stereocenters. The minimum absolute atomic E-state index is 0.00165. The monoisotopic (exact) mass is 674 g/mol. The number of benzene rings is 4. The fourth-order valence-electron chi connectivity index (χ4n) is 6.57. The van der Waals surface area contributed by atoms with E-state index < -0.39 is 16.6 Å². The zero-order valence-corrected chi connectivity index (χ0v) is 32.8. The summed E-state index contributed by atoms with van der Waals surface area (Å²) in [6.45, 7) is 23.7. The largest absolute Gasteiger partial charge is 0.543 e. The lowest BCUT2D eigenvalue weighted by atomic mass is 9.77. The minimum Gasteiger partial charge on any atom is -0.543 e. The predicted octanol–water partition coefficient (Wildman–Crippen LogP) is 11.9. The third-order valence-corrected chi connectivity index (χ3v) is 20.2. The molecule has 2 aliphatic rings. The number of hydrogen-bond donors (Lipinski definition) is 0. The van der Waals surface area contributed by atoms with Crippen LogP contribution in [-0.2, 0) is 25.9 Å². The lowest BCUT2D eigenvalue weighted by Crippen LogP contribution is -2.43. The molecule has 5 heteroatoms. The second-order valence-electron chi connectivity index (χ2n) is 17.2. The molecule has 48 heavy (non-hydrogen) atoms. The van der Waals surface area contributed by atoms with Crippen LogP contribution >= 0.6 is 0 Å². The highest BCUT2D eigenvalue weighted by Crippen LogP contribution is 2.56. The van der Waals surface area contributed by atoms with Crippen LogP contribution in [-0.4, -0.2) is 16.6 Å². The predicted molar refractivity (Wildman–Crippen MR) is 207 cm³/mol. The normalized spacial score (nSPS) is 18.6. The number of ether oxygens (including phenoxy) is 1. The average Bonchev–Trinajstić information content (AvgIpc) is 3.51. The first-order valence-electron chi connectivity index (χ1n) is 17.6. The van der Waals surface area contributed by atoms with Crippen LogP contribution in [0, 0.1) is 5.41 Å². The zero-order valence-electron chi connectivity index (χ0n) is 30.8. The van der Waals surface area contributed by atoms with Crippen molar-refractivity contribution in [2.45, 2.75) is 104 Å². The van der Waals surface area contributed by atoms with Crippen LogP contribution in [0.15, 0.2) is 91.0 Å². The van der Waals surface area contributed by atoms with E-state index in [4.69, 9.17) is 13.6 Å². The Morgan fingerprint density at radius 3 is 1.73 bits per heavy atom. The number of rotatable bonds is 8. The van der Waals surface area contributed by atoms with E-state index in [0.717, 1.165) is 36.5 Å². The summed E-state index contributed by atoms with van der Waals surface area (Å²) in [5.74, 6) is 2.90. The molecule has 0 bridgehead atoms. The summed E-state index contributed by atoms with van der Waals surface area (Å²) in [6.07, 6.45) is 5.50. The molecule has 4 aromatic carbocycles. The van der Waals surface area contributed by atoms with Gasteiger partial charge in [-0.1, -0.05) is 102 Å². The molecule has 0 N–H and O–H groups in total. The van der Waals surface area contributed by atoms with Gasteiger partial charge in [0.25, 0.3) is 0 Å². The molecule has 0 heterocycles. The van der Waals surface area contributed by atoms with E-state index in [1.54, 1.807) is 0 Å². The van der Waals surface area contributed by atoms with Gasteiger partial charge in [-0.3, -0.25) is 0 Å². The molecular weight excluding hydrogens is 621 g/mol. The highest BCUT2D eigenvalue weighted by molar-refractivity contribution is 6.75. The minimum atomic E-state index is -1.99. The van der Waals surface area contributed by atoms with Crippen molar-refractivity contribution in [2.24, 2.45) is 5.41 Å². The van der Waals surface area contributed by atoms with Gasteiger partial charge >= 0.3 is 0 Å². The topological polar surface area (TPSA) is 27.7 Å². The SMILES string of the molecule is CC(C)(C)[Si](C)(C)Oc1ccc2c(c1)CC1(C2)Cc2ccc(O[Si](C)(C)C(C)(C)C)cc2/C1=C\c1ccc(OCc2ccccc2)cc1. The molecule has 0 radical (unpaired) electrons. The Balaban J connectivity index is 1.34. The highest BCUT2D eigenvalue weighted by atomic mass is 28.4. The molecule has 0 aliphatic heterocycles. The summed E-state index contributed by atoms with van der Waals surface area (Å²) in [5, 5.41) is 0.288. The van der Waals surface area contributed by atoms with Gasteiger partial charge in [0.1, 0.15) is 23.9 Å². The van der Waals surface area contributed by atoms with Gasteiger partial charge in [0.2, 0.25) is 16.6 Å². The van der Waals surface area contributed by atoms with Gasteiger partial charge in [-0.15, -0.1) is 0 Å². The van der Waals surface area contributed by atoms with Gasteiger partial charge in [0.15, 0.2) is 0 Å². The van der Waals surface area contributed by atoms with Crippen molar-refractivity contribution < 1.29 is 13.6 Å². The lowest BCUT2D eigenvalue weighted by molar-refractivity contribution is 0.306. The molecule has 0 amide bonds. The lowest BCUT2D eigenvalue weighted by Gasteiger charge is -2.36. The Bertz CT molecular complexity index is 1800. The summed E-state index contributed by atoms with van der Waals surface area (Å²) >= 11 is 0. The third kappa shape index (κ3) is 6.95. The fraction of sp³-hybridized carbons (Fsp3) is 0.395. The fourth-order valence-corrected chi connectivity index (χ4v) is 8.62. The molecule has 0 aromatic heterocycles. The molecule has 3 nitrogen and oxygen atoms in total. The van der Waals surface area contributed by atoms with Gasteiger partial charge < -0.3 is 13.6 Å². The van der Waals surface area contributed by atoms with E-state index in [1.807, 2.05) is 6.07 Å². The van der Waals surface area contributed by atoms with Gasteiger partial charge in [0.05, 0.1) is 0 Å². The quantitative estimate of drug-likeness (QED) is 0.174. The molecule has 4 aromatic rings. The molecule has 252 valence electrons. The molecule has 1 unspecified atom stereocenters. The highest BCUT2D eigenvalue weighted by Gasteiger charge is 2.47. The van der Waals surface area contributed by atoms with Crippen molar-refractivity contribution in [3.8, 4) is 17.2 Å². The van der Waals surface area contributed by atoms with Crippen LogP contribution in [0.4, 0.5) is 0 Å². The zero-order chi connectivity index (χ0) is 34.5. The van der Waals surface area contributed by atoms with Crippen LogP contribution in [0.1, 0.15) is 74.9 Å². The van der Waals surface area contributed by atoms with Crippen molar-refractivity contribution in [1.82, 2.24) is 0 Å². The summed E-state index contributed by atoms with van der Waals surface area (Å²) in [4.78, 5) is 0. The first-order chi connectivity index (χ1) is 22.4. The van der Waals surface area contributed by atoms with E-state index in [1.165, 1.54) is 39.0 Å². The molecule has 6 rings (SSSR count). The van der Waals surface area contributed by atoms with Crippen molar-refractivity contribution in [3.05, 3.63) is 124 Å². The van der Waals surface area contributed by atoms with E-state index >= 15 is 0 Å². The molecule has 0 saturated carbocycles. The maximum Gasteiger partial charge on any atom is 0.250 e. The second-order valence-corrected chi connectivity index (χ2v) is 26.6. The van der Waals surface area contributed by atoms with Gasteiger partial charge in [-0.05, 0) is 131 Å². The van der Waals surface area contributed by atoms with Crippen LogP contribution in [0.25, 0.3) is 11.6 Å². The maximum atomic E-state index is 6.85. The summed E-state index contributed by atoms with van der Waals surface area (Å²) < 4.78 is 19.8. The summed E-state index contributed by atoms with van der Waals surface area (Å²) in [7, 11) is -3.93. The van der Waals surface area contributed by atoms with Crippen molar-refractivity contribution in [2.75, 3.05) is 0 Å². The van der Waals surface area contributed by atoms with Crippen molar-refractivity contribution in [1.29, 1.82) is 0 Å².